The van der Waals surface area contributed by atoms with Gasteiger partial charge in [-0.15, -0.1) is 0 Å². The molecule has 1 aromatic rings. The number of nitrogens with one attached hydrogen (secondary N) is 1. The Hall–Kier alpha value is -4.00. The minimum atomic E-state index is -7.53. The first-order chi connectivity index (χ1) is 20.8. The van der Waals surface area contributed by atoms with Gasteiger partial charge in [0.2, 0.25) is 5.88 Å². The smallest absolute Gasteiger partial charge is 0.404 e. The summed E-state index contributed by atoms with van der Waals surface area (Å²) in [6.45, 7) is 0. The zero-order valence-electron chi connectivity index (χ0n) is 22.3. The lowest BCUT2D eigenvalue weighted by Gasteiger charge is -2.32. The molecule has 1 aliphatic carbocycles. The lowest BCUT2D eigenvalue weighted by molar-refractivity contribution is -0.382. The van der Waals surface area contributed by atoms with E-state index in [4.69, 9.17) is 28.3 Å². The molecule has 1 unspecified atom stereocenters. The molecule has 254 valence electrons. The van der Waals surface area contributed by atoms with Crippen molar-refractivity contribution in [1.29, 1.82) is 5.26 Å². The first kappa shape index (κ1) is 38.2. The van der Waals surface area contributed by atoms with Crippen molar-refractivity contribution in [3.05, 3.63) is 52.0 Å². The van der Waals surface area contributed by atoms with Crippen LogP contribution in [0.25, 0.3) is 5.57 Å². The average molecular weight is 721 g/mol. The molecule has 1 saturated carbocycles. The number of nitriles is 1. The van der Waals surface area contributed by atoms with Gasteiger partial charge in [-0.1, -0.05) is 17.7 Å². The Morgan fingerprint density at radius 3 is 2.09 bits per heavy atom. The molecule has 1 aliphatic rings. The van der Waals surface area contributed by atoms with E-state index in [1.165, 1.54) is 6.07 Å². The highest BCUT2D eigenvalue weighted by atomic mass is 35.5. The van der Waals surface area contributed by atoms with Crippen LogP contribution in [0.15, 0.2) is 45.8 Å². The van der Waals surface area contributed by atoms with Crippen LogP contribution in [0.4, 0.5) is 52.7 Å². The van der Waals surface area contributed by atoms with Crippen LogP contribution in [0, 0.1) is 11.3 Å². The van der Waals surface area contributed by atoms with Crippen molar-refractivity contribution < 1.29 is 65.9 Å². The Labute approximate surface area is 257 Å². The van der Waals surface area contributed by atoms with Crippen molar-refractivity contribution in [2.75, 3.05) is 7.05 Å². The van der Waals surface area contributed by atoms with Crippen LogP contribution in [0.1, 0.15) is 28.8 Å². The number of rotatable bonds is 10. The molecule has 0 bridgehead atoms. The molecular formula is C23H17ClF12N6O3S. The standard InChI is InChI=1S/C23H17ClF12N6O3S/c1-40-16(41-8-11(7-37)10-2-3-13(24)12(6-10)17(43)42-18(9-38)4-5-18)14(19(25,26)27)15(39)45-46(44)23(35,36)21(30,31)20(28,29)22(32,33)34/h2-3,6-8H,4-5,37,39H2,1H3,(H,42,43). The van der Waals surface area contributed by atoms with E-state index >= 15 is 0 Å². The van der Waals surface area contributed by atoms with Crippen molar-refractivity contribution >= 4 is 46.2 Å². The number of aliphatic imine (C=N–C) groups is 2. The second kappa shape index (κ2) is 13.0. The van der Waals surface area contributed by atoms with Gasteiger partial charge < -0.3 is 21.0 Å². The van der Waals surface area contributed by atoms with Gasteiger partial charge in [0, 0.05) is 25.0 Å². The van der Waals surface area contributed by atoms with Gasteiger partial charge in [0.25, 0.3) is 17.0 Å². The summed E-state index contributed by atoms with van der Waals surface area (Å²) in [5, 5.41) is 4.50. The molecule has 46 heavy (non-hydrogen) atoms. The van der Waals surface area contributed by atoms with E-state index in [0.717, 1.165) is 18.3 Å². The number of benzene rings is 1. The molecule has 1 fully saturated rings. The molecule has 9 nitrogen and oxygen atoms in total. The van der Waals surface area contributed by atoms with Crippen molar-refractivity contribution in [3.8, 4) is 6.07 Å². The largest absolute Gasteiger partial charge is 0.460 e. The highest BCUT2D eigenvalue weighted by molar-refractivity contribution is 7.81. The number of carbonyl (C=O) groups is 1. The van der Waals surface area contributed by atoms with E-state index in [2.05, 4.69) is 19.5 Å². The molecule has 0 heterocycles. The SMILES string of the molecule is CN=C(N=CC(=CN)c1ccc(Cl)c(C(=O)NC2(C#N)CC2)c1)C(=C(N)OS(=O)C(F)(F)C(F)(F)C(F)(F)C(F)(F)F)C(F)(F)F. The van der Waals surface area contributed by atoms with Crippen molar-refractivity contribution in [2.24, 2.45) is 21.5 Å². The molecule has 1 aromatic carbocycles. The Bertz CT molecular complexity index is 1560. The van der Waals surface area contributed by atoms with Crippen LogP contribution in [-0.2, 0) is 15.3 Å². The third-order valence-electron chi connectivity index (χ3n) is 5.82. The monoisotopic (exact) mass is 720 g/mol. The number of hydrogen-bond donors (Lipinski definition) is 3. The summed E-state index contributed by atoms with van der Waals surface area (Å²) in [6.07, 6.45) is -11.2. The van der Waals surface area contributed by atoms with Crippen molar-refractivity contribution in [1.82, 2.24) is 5.32 Å². The average Bonchev–Trinajstić information content (AvgIpc) is 3.71. The van der Waals surface area contributed by atoms with Gasteiger partial charge in [-0.2, -0.15) is 57.9 Å². The summed E-state index contributed by atoms with van der Waals surface area (Å²) in [5.74, 6) is -20.0. The van der Waals surface area contributed by atoms with Crippen LogP contribution in [0.5, 0.6) is 0 Å². The van der Waals surface area contributed by atoms with Crippen LogP contribution in [0.2, 0.25) is 5.02 Å². The molecule has 2 rings (SSSR count). The first-order valence-electron chi connectivity index (χ1n) is 11.7. The number of carbonyl (C=O) groups excluding carboxylic acids is 1. The van der Waals surface area contributed by atoms with E-state index in [0.29, 0.717) is 26.1 Å². The number of hydrogen-bond acceptors (Lipinski definition) is 7. The highest BCUT2D eigenvalue weighted by Crippen LogP contribution is 2.54. The fourth-order valence-corrected chi connectivity index (χ4v) is 4.04. The summed E-state index contributed by atoms with van der Waals surface area (Å²) < 4.78 is 175. The Kier molecular flexibility index (Phi) is 10.8. The number of alkyl halides is 12. The predicted octanol–water partition coefficient (Wildman–Crippen LogP) is 5.36. The van der Waals surface area contributed by atoms with Gasteiger partial charge in [-0.25, -0.2) is 9.20 Å². The number of halogens is 13. The molecule has 0 saturated heterocycles. The second-order valence-electron chi connectivity index (χ2n) is 8.99. The molecule has 0 aliphatic heterocycles. The Morgan fingerprint density at radius 1 is 1.09 bits per heavy atom. The maximum Gasteiger partial charge on any atom is 0.460 e. The third kappa shape index (κ3) is 7.51. The lowest BCUT2D eigenvalue weighted by Crippen LogP contribution is -2.62. The van der Waals surface area contributed by atoms with E-state index in [1.54, 1.807) is 0 Å². The minimum Gasteiger partial charge on any atom is -0.404 e. The van der Waals surface area contributed by atoms with Gasteiger partial charge in [-0.05, 0) is 30.5 Å². The van der Waals surface area contributed by atoms with E-state index < -0.39 is 69.3 Å². The molecule has 0 radical (unpaired) electrons. The van der Waals surface area contributed by atoms with Crippen molar-refractivity contribution in [3.63, 3.8) is 0 Å². The van der Waals surface area contributed by atoms with Gasteiger partial charge in [-0.3, -0.25) is 9.79 Å². The first-order valence-corrected chi connectivity index (χ1v) is 13.1. The molecule has 1 amide bonds. The second-order valence-corrected chi connectivity index (χ2v) is 10.5. The zero-order chi connectivity index (χ0) is 35.7. The number of allylic oxidation sites excluding steroid dienone is 1. The number of nitrogens with two attached hydrogens (primary N) is 2. The zero-order valence-corrected chi connectivity index (χ0v) is 23.9. The highest BCUT2D eigenvalue weighted by Gasteiger charge is 2.84. The van der Waals surface area contributed by atoms with Crippen LogP contribution < -0.4 is 16.8 Å². The summed E-state index contributed by atoms with van der Waals surface area (Å²) in [7, 11) is 0.592. The minimum absolute atomic E-state index is 0.0478. The summed E-state index contributed by atoms with van der Waals surface area (Å²) in [4.78, 5) is 19.0. The molecule has 5 N–H and O–H groups in total. The summed E-state index contributed by atoms with van der Waals surface area (Å²) >= 11 is 0.631. The molecule has 0 aromatic heterocycles. The topological polar surface area (TPSA) is 156 Å². The van der Waals surface area contributed by atoms with Gasteiger partial charge in [0.15, 0.2) is 11.4 Å². The normalized spacial score (nSPS) is 17.7. The quantitative estimate of drug-likeness (QED) is 0.128. The molecule has 0 spiro atoms. The fraction of sp³-hybridized carbons (Fsp3) is 0.391. The summed E-state index contributed by atoms with van der Waals surface area (Å²) in [6, 6.07) is 5.34. The Balaban J connectivity index is 2.48. The maximum atomic E-state index is 13.9. The van der Waals surface area contributed by atoms with Crippen LogP contribution in [0.3, 0.4) is 0 Å². The predicted molar refractivity (Wildman–Crippen MR) is 138 cm³/mol. The lowest BCUT2D eigenvalue weighted by atomic mass is 10.0. The van der Waals surface area contributed by atoms with E-state index in [1.807, 2.05) is 6.07 Å². The number of nitrogens with zero attached hydrogens (tertiary/aromatic N) is 3. The maximum absolute atomic E-state index is 13.9. The summed E-state index contributed by atoms with van der Waals surface area (Å²) in [5.41, 5.74) is 6.17. The Morgan fingerprint density at radius 2 is 1.65 bits per heavy atom. The molecular weight excluding hydrogens is 704 g/mol. The van der Waals surface area contributed by atoms with Gasteiger partial charge >= 0.3 is 29.5 Å². The molecule has 1 atom stereocenters. The number of amides is 1. The van der Waals surface area contributed by atoms with Crippen LogP contribution >= 0.6 is 11.6 Å². The van der Waals surface area contributed by atoms with Gasteiger partial charge in [0.05, 0.1) is 16.7 Å². The fourth-order valence-electron chi connectivity index (χ4n) is 3.15. The van der Waals surface area contributed by atoms with Gasteiger partial charge in [0.1, 0.15) is 5.54 Å². The van der Waals surface area contributed by atoms with Crippen molar-refractivity contribution in [2.45, 2.75) is 47.8 Å². The van der Waals surface area contributed by atoms with Crippen LogP contribution in [-0.4, -0.2) is 64.2 Å². The third-order valence-corrected chi connectivity index (χ3v) is 7.16. The number of amidine groups is 1. The van der Waals surface area contributed by atoms with E-state index in [9.17, 15) is 61.7 Å². The molecule has 23 heteroatoms. The van der Waals surface area contributed by atoms with E-state index in [-0.39, 0.29) is 21.7 Å².